The van der Waals surface area contributed by atoms with E-state index in [1.54, 1.807) is 0 Å². The minimum atomic E-state index is -0.574. The first-order valence-electron chi connectivity index (χ1n) is 6.71. The predicted molar refractivity (Wildman–Crippen MR) is 78.0 cm³/mol. The van der Waals surface area contributed by atoms with Crippen LogP contribution in [0.1, 0.15) is 11.5 Å². The second-order valence-corrected chi connectivity index (χ2v) is 4.96. The highest BCUT2D eigenvalue weighted by Gasteiger charge is 2.06. The zero-order valence-corrected chi connectivity index (χ0v) is 12.3. The predicted octanol–water partition coefficient (Wildman–Crippen LogP) is 1.43. The molecule has 0 saturated heterocycles. The molecule has 0 saturated carbocycles. The average Bonchev–Trinajstić information content (AvgIpc) is 2.99. The lowest BCUT2D eigenvalue weighted by atomic mass is 10.2. The maximum absolute atomic E-state index is 9.78. The van der Waals surface area contributed by atoms with E-state index in [0.717, 1.165) is 5.56 Å². The summed E-state index contributed by atoms with van der Waals surface area (Å²) < 4.78 is 10.3. The minimum absolute atomic E-state index is 0.249. The Morgan fingerprint density at radius 1 is 1.38 bits per heavy atom. The molecule has 0 aliphatic rings. The molecule has 1 unspecified atom stereocenters. The van der Waals surface area contributed by atoms with Crippen LogP contribution in [0.2, 0.25) is 5.02 Å². The van der Waals surface area contributed by atoms with Gasteiger partial charge in [-0.3, -0.25) is 0 Å². The summed E-state index contributed by atoms with van der Waals surface area (Å²) in [5, 5.41) is 17.1. The van der Waals surface area contributed by atoms with Gasteiger partial charge in [-0.1, -0.05) is 35.0 Å². The molecule has 2 N–H and O–H groups in total. The van der Waals surface area contributed by atoms with Crippen LogP contribution in [0.15, 0.2) is 35.1 Å². The Hall–Kier alpha value is -1.47. The van der Waals surface area contributed by atoms with Crippen molar-refractivity contribution in [3.63, 3.8) is 0 Å². The van der Waals surface area contributed by atoms with E-state index in [2.05, 4.69) is 15.5 Å². The number of halogens is 1. The molecule has 0 spiro atoms. The van der Waals surface area contributed by atoms with Crippen molar-refractivity contribution >= 4 is 11.6 Å². The first kappa shape index (κ1) is 15.9. The van der Waals surface area contributed by atoms with Gasteiger partial charge in [0.2, 0.25) is 5.89 Å². The van der Waals surface area contributed by atoms with Gasteiger partial charge in [0.05, 0.1) is 19.3 Å². The molecule has 0 radical (unpaired) electrons. The van der Waals surface area contributed by atoms with E-state index in [1.165, 1.54) is 6.33 Å². The van der Waals surface area contributed by atoms with E-state index < -0.39 is 6.10 Å². The number of aliphatic hydroxyl groups excluding tert-OH is 1. The van der Waals surface area contributed by atoms with E-state index in [1.807, 2.05) is 24.3 Å². The summed E-state index contributed by atoms with van der Waals surface area (Å²) >= 11 is 6.02. The Kier molecular flexibility index (Phi) is 6.62. The quantitative estimate of drug-likeness (QED) is 0.682. The summed E-state index contributed by atoms with van der Waals surface area (Å²) in [6, 6.07) is 7.49. The summed E-state index contributed by atoms with van der Waals surface area (Å²) in [6.07, 6.45) is 1.43. The average molecular weight is 312 g/mol. The van der Waals surface area contributed by atoms with Gasteiger partial charge in [0, 0.05) is 24.5 Å². The monoisotopic (exact) mass is 311 g/mol. The standard InChI is InChI=1S/C14H18ClN3O3/c15-13-4-2-1-3-11(13)8-20-9-12(19)7-16-6-5-14-17-10-18-21-14/h1-4,10,12,16,19H,5-9H2. The summed E-state index contributed by atoms with van der Waals surface area (Å²) in [6.45, 7) is 1.73. The highest BCUT2D eigenvalue weighted by atomic mass is 35.5. The van der Waals surface area contributed by atoms with Crippen LogP contribution in [0, 0.1) is 0 Å². The van der Waals surface area contributed by atoms with Crippen molar-refractivity contribution in [2.75, 3.05) is 19.7 Å². The molecule has 2 aromatic rings. The Morgan fingerprint density at radius 3 is 3.00 bits per heavy atom. The molecule has 1 aromatic heterocycles. The van der Waals surface area contributed by atoms with Crippen LogP contribution >= 0.6 is 11.6 Å². The fourth-order valence-electron chi connectivity index (χ4n) is 1.75. The van der Waals surface area contributed by atoms with Gasteiger partial charge in [0.15, 0.2) is 6.33 Å². The first-order valence-corrected chi connectivity index (χ1v) is 7.09. The van der Waals surface area contributed by atoms with Crippen molar-refractivity contribution in [1.82, 2.24) is 15.5 Å². The lowest BCUT2D eigenvalue weighted by Gasteiger charge is -2.12. The van der Waals surface area contributed by atoms with Crippen LogP contribution in [0.3, 0.4) is 0 Å². The minimum Gasteiger partial charge on any atom is -0.389 e. The Bertz CT molecular complexity index is 522. The number of hydrogen-bond donors (Lipinski definition) is 2. The third kappa shape index (κ3) is 5.81. The molecule has 114 valence electrons. The molecular weight excluding hydrogens is 294 g/mol. The van der Waals surface area contributed by atoms with Crippen LogP contribution in [-0.2, 0) is 17.8 Å². The van der Waals surface area contributed by atoms with Crippen LogP contribution in [-0.4, -0.2) is 41.0 Å². The molecule has 2 rings (SSSR count). The summed E-state index contributed by atoms with van der Waals surface area (Å²) in [5.74, 6) is 0.576. The molecule has 1 heterocycles. The third-order valence-corrected chi connectivity index (χ3v) is 3.20. The number of rotatable bonds is 9. The van der Waals surface area contributed by atoms with Gasteiger partial charge in [-0.2, -0.15) is 4.98 Å². The SMILES string of the molecule is OC(CNCCc1ncno1)COCc1ccccc1Cl. The number of nitrogens with one attached hydrogen (secondary N) is 1. The van der Waals surface area contributed by atoms with Crippen LogP contribution in [0.25, 0.3) is 0 Å². The van der Waals surface area contributed by atoms with Gasteiger partial charge in [0.1, 0.15) is 0 Å². The maximum atomic E-state index is 9.78. The van der Waals surface area contributed by atoms with E-state index in [4.69, 9.17) is 20.9 Å². The molecule has 0 aliphatic heterocycles. The summed E-state index contributed by atoms with van der Waals surface area (Å²) in [5.41, 5.74) is 0.913. The van der Waals surface area contributed by atoms with Crippen molar-refractivity contribution < 1.29 is 14.4 Å². The number of hydrogen-bond acceptors (Lipinski definition) is 6. The van der Waals surface area contributed by atoms with Gasteiger partial charge < -0.3 is 19.7 Å². The van der Waals surface area contributed by atoms with Gasteiger partial charge in [-0.05, 0) is 11.6 Å². The number of ether oxygens (including phenoxy) is 1. The van der Waals surface area contributed by atoms with Crippen LogP contribution in [0.4, 0.5) is 0 Å². The highest BCUT2D eigenvalue weighted by molar-refractivity contribution is 6.31. The lowest BCUT2D eigenvalue weighted by Crippen LogP contribution is -2.31. The fourth-order valence-corrected chi connectivity index (χ4v) is 1.94. The number of benzene rings is 1. The number of aromatic nitrogens is 2. The lowest BCUT2D eigenvalue weighted by molar-refractivity contribution is 0.0290. The van der Waals surface area contributed by atoms with Crippen LogP contribution in [0.5, 0.6) is 0 Å². The van der Waals surface area contributed by atoms with E-state index in [-0.39, 0.29) is 6.61 Å². The third-order valence-electron chi connectivity index (χ3n) is 2.83. The van der Waals surface area contributed by atoms with E-state index in [0.29, 0.717) is 37.0 Å². The highest BCUT2D eigenvalue weighted by Crippen LogP contribution is 2.15. The normalized spacial score (nSPS) is 12.5. The first-order chi connectivity index (χ1) is 10.3. The van der Waals surface area contributed by atoms with Crippen molar-refractivity contribution in [3.05, 3.63) is 47.1 Å². The summed E-state index contributed by atoms with van der Waals surface area (Å²) in [4.78, 5) is 3.91. The second kappa shape index (κ2) is 8.74. The van der Waals surface area contributed by atoms with Gasteiger partial charge in [-0.15, -0.1) is 0 Å². The molecule has 1 aromatic carbocycles. The molecule has 7 heteroatoms. The topological polar surface area (TPSA) is 80.4 Å². The largest absolute Gasteiger partial charge is 0.389 e. The molecule has 21 heavy (non-hydrogen) atoms. The Balaban J connectivity index is 1.55. The number of nitrogens with zero attached hydrogens (tertiary/aromatic N) is 2. The van der Waals surface area contributed by atoms with Gasteiger partial charge in [0.25, 0.3) is 0 Å². The van der Waals surface area contributed by atoms with E-state index in [9.17, 15) is 5.11 Å². The van der Waals surface area contributed by atoms with Crippen molar-refractivity contribution in [2.24, 2.45) is 0 Å². The number of aliphatic hydroxyl groups is 1. The van der Waals surface area contributed by atoms with Gasteiger partial charge in [-0.25, -0.2) is 0 Å². The van der Waals surface area contributed by atoms with E-state index >= 15 is 0 Å². The molecular formula is C14H18ClN3O3. The molecule has 1 atom stereocenters. The van der Waals surface area contributed by atoms with Crippen molar-refractivity contribution in [2.45, 2.75) is 19.1 Å². The molecule has 0 bridgehead atoms. The van der Waals surface area contributed by atoms with Gasteiger partial charge >= 0.3 is 0 Å². The smallest absolute Gasteiger partial charge is 0.227 e. The molecule has 0 fully saturated rings. The maximum Gasteiger partial charge on any atom is 0.227 e. The zero-order chi connectivity index (χ0) is 14.9. The molecule has 6 nitrogen and oxygen atoms in total. The van der Waals surface area contributed by atoms with Crippen molar-refractivity contribution in [1.29, 1.82) is 0 Å². The van der Waals surface area contributed by atoms with Crippen LogP contribution < -0.4 is 5.32 Å². The summed E-state index contributed by atoms with van der Waals surface area (Å²) in [7, 11) is 0. The zero-order valence-electron chi connectivity index (χ0n) is 11.5. The Morgan fingerprint density at radius 2 is 2.24 bits per heavy atom. The van der Waals surface area contributed by atoms with Crippen molar-refractivity contribution in [3.8, 4) is 0 Å². The Labute approximate surface area is 128 Å². The fraction of sp³-hybridized carbons (Fsp3) is 0.429. The molecule has 0 aliphatic carbocycles. The molecule has 0 amide bonds. The second-order valence-electron chi connectivity index (χ2n) is 4.55.